The summed E-state index contributed by atoms with van der Waals surface area (Å²) < 4.78 is 41.9. The highest BCUT2D eigenvalue weighted by atomic mass is 79.9. The van der Waals surface area contributed by atoms with Gasteiger partial charge < -0.3 is 5.32 Å². The fourth-order valence-electron chi connectivity index (χ4n) is 2.05. The molecule has 21 heavy (non-hydrogen) atoms. The third-order valence-electron chi connectivity index (χ3n) is 2.91. The molecule has 0 bridgehead atoms. The number of hydrogen-bond donors (Lipinski definition) is 1. The Hall–Kier alpha value is 0.110. The molecule has 2 aromatic rings. The SMILES string of the molecule is CNC(c1ccc(Br)cc1C(F)(F)F)c1cc(Br)sc1Br. The Morgan fingerprint density at radius 2 is 1.76 bits per heavy atom. The molecular formula is C13H9Br3F3NS. The normalized spacial score (nSPS) is 13.5. The van der Waals surface area contributed by atoms with Gasteiger partial charge in [-0.05, 0) is 68.2 Å². The molecule has 1 unspecified atom stereocenters. The molecule has 1 nitrogen and oxygen atoms in total. The van der Waals surface area contributed by atoms with Crippen LogP contribution in [-0.2, 0) is 6.18 Å². The standard InChI is InChI=1S/C13H9Br3F3NS/c1-20-11(8-5-10(15)21-12(8)16)7-3-2-6(14)4-9(7)13(17,18)19/h2-5,11,20H,1H3. The largest absolute Gasteiger partial charge is 0.416 e. The van der Waals surface area contributed by atoms with Crippen molar-refractivity contribution in [2.75, 3.05) is 7.05 Å². The molecule has 0 spiro atoms. The zero-order valence-electron chi connectivity index (χ0n) is 10.6. The second kappa shape index (κ2) is 6.70. The molecule has 0 aliphatic rings. The van der Waals surface area contributed by atoms with Gasteiger partial charge in [0.1, 0.15) is 0 Å². The van der Waals surface area contributed by atoms with Crippen LogP contribution < -0.4 is 5.32 Å². The molecule has 0 aliphatic carbocycles. The van der Waals surface area contributed by atoms with Crippen molar-refractivity contribution in [2.45, 2.75) is 12.2 Å². The first kappa shape index (κ1) is 17.5. The summed E-state index contributed by atoms with van der Waals surface area (Å²) in [5, 5.41) is 2.96. The van der Waals surface area contributed by atoms with Crippen molar-refractivity contribution in [2.24, 2.45) is 0 Å². The summed E-state index contributed by atoms with van der Waals surface area (Å²) in [6, 6.07) is 5.48. The van der Waals surface area contributed by atoms with E-state index < -0.39 is 17.8 Å². The summed E-state index contributed by atoms with van der Waals surface area (Å²) in [7, 11) is 1.64. The van der Waals surface area contributed by atoms with Gasteiger partial charge in [0, 0.05) is 4.47 Å². The highest BCUT2D eigenvalue weighted by Crippen LogP contribution is 2.42. The first-order chi connectivity index (χ1) is 9.74. The highest BCUT2D eigenvalue weighted by molar-refractivity contribution is 9.12. The quantitative estimate of drug-likeness (QED) is 0.509. The van der Waals surface area contributed by atoms with Crippen LogP contribution in [-0.4, -0.2) is 7.05 Å². The molecule has 0 fully saturated rings. The Bertz CT molecular complexity index is 655. The number of hydrogen-bond acceptors (Lipinski definition) is 2. The van der Waals surface area contributed by atoms with E-state index in [4.69, 9.17) is 0 Å². The molecule has 1 N–H and O–H groups in total. The van der Waals surface area contributed by atoms with Gasteiger partial charge in [0.2, 0.25) is 0 Å². The highest BCUT2D eigenvalue weighted by Gasteiger charge is 2.36. The van der Waals surface area contributed by atoms with Crippen LogP contribution in [0.4, 0.5) is 13.2 Å². The van der Waals surface area contributed by atoms with Crippen LogP contribution in [0.3, 0.4) is 0 Å². The van der Waals surface area contributed by atoms with E-state index in [9.17, 15) is 13.2 Å². The third-order valence-corrected chi connectivity index (χ3v) is 5.79. The molecule has 114 valence electrons. The van der Waals surface area contributed by atoms with E-state index in [1.165, 1.54) is 17.4 Å². The van der Waals surface area contributed by atoms with Crippen molar-refractivity contribution < 1.29 is 13.2 Å². The van der Waals surface area contributed by atoms with Crippen LogP contribution in [0.2, 0.25) is 0 Å². The van der Waals surface area contributed by atoms with Crippen LogP contribution in [0.5, 0.6) is 0 Å². The average Bonchev–Trinajstić information content (AvgIpc) is 2.70. The molecule has 1 heterocycles. The number of benzene rings is 1. The number of nitrogens with one attached hydrogen (secondary N) is 1. The molecule has 0 aliphatic heterocycles. The monoisotopic (exact) mass is 505 g/mol. The third kappa shape index (κ3) is 3.90. The summed E-state index contributed by atoms with van der Waals surface area (Å²) >= 11 is 11.3. The zero-order chi connectivity index (χ0) is 15.8. The predicted molar refractivity (Wildman–Crippen MR) is 89.8 cm³/mol. The van der Waals surface area contributed by atoms with Gasteiger partial charge in [-0.3, -0.25) is 0 Å². The summed E-state index contributed by atoms with van der Waals surface area (Å²) in [6.07, 6.45) is -4.41. The fraction of sp³-hybridized carbons (Fsp3) is 0.231. The molecule has 1 aromatic heterocycles. The van der Waals surface area contributed by atoms with E-state index >= 15 is 0 Å². The Morgan fingerprint density at radius 3 is 2.24 bits per heavy atom. The van der Waals surface area contributed by atoms with Gasteiger partial charge in [-0.1, -0.05) is 22.0 Å². The summed E-state index contributed by atoms with van der Waals surface area (Å²) in [5.41, 5.74) is 0.312. The van der Waals surface area contributed by atoms with E-state index in [1.54, 1.807) is 13.1 Å². The van der Waals surface area contributed by atoms with E-state index in [2.05, 4.69) is 53.1 Å². The minimum absolute atomic E-state index is 0.194. The second-order valence-corrected chi connectivity index (χ2v) is 8.90. The number of halogens is 6. The van der Waals surface area contributed by atoms with Crippen LogP contribution in [0.25, 0.3) is 0 Å². The van der Waals surface area contributed by atoms with Gasteiger partial charge in [0.15, 0.2) is 0 Å². The lowest BCUT2D eigenvalue weighted by molar-refractivity contribution is -0.138. The van der Waals surface area contributed by atoms with Gasteiger partial charge in [0.05, 0.1) is 19.2 Å². The molecule has 0 saturated carbocycles. The lowest BCUT2D eigenvalue weighted by Crippen LogP contribution is -2.22. The summed E-state index contributed by atoms with van der Waals surface area (Å²) in [6.45, 7) is 0. The van der Waals surface area contributed by atoms with Crippen molar-refractivity contribution in [1.82, 2.24) is 5.32 Å². The number of alkyl halides is 3. The van der Waals surface area contributed by atoms with Gasteiger partial charge in [-0.15, -0.1) is 11.3 Å². The van der Waals surface area contributed by atoms with Gasteiger partial charge in [0.25, 0.3) is 0 Å². The molecule has 0 saturated heterocycles. The zero-order valence-corrected chi connectivity index (χ0v) is 16.1. The fourth-order valence-corrected chi connectivity index (χ4v) is 5.32. The maximum Gasteiger partial charge on any atom is 0.416 e. The van der Waals surface area contributed by atoms with E-state index in [1.807, 2.05) is 6.07 Å². The van der Waals surface area contributed by atoms with Gasteiger partial charge in [-0.25, -0.2) is 0 Å². The maximum atomic E-state index is 13.3. The van der Waals surface area contributed by atoms with Gasteiger partial charge in [-0.2, -0.15) is 13.2 Å². The van der Waals surface area contributed by atoms with Crippen LogP contribution in [0, 0.1) is 0 Å². The first-order valence-electron chi connectivity index (χ1n) is 5.72. The topological polar surface area (TPSA) is 12.0 Å². The maximum absolute atomic E-state index is 13.3. The second-order valence-electron chi connectivity index (χ2n) is 4.23. The molecular weight excluding hydrogens is 499 g/mol. The minimum atomic E-state index is -4.41. The van der Waals surface area contributed by atoms with Crippen molar-refractivity contribution in [3.8, 4) is 0 Å². The van der Waals surface area contributed by atoms with Crippen molar-refractivity contribution in [1.29, 1.82) is 0 Å². The predicted octanol–water partition coefficient (Wildman–Crippen LogP) is 6.36. The molecule has 1 aromatic carbocycles. The van der Waals surface area contributed by atoms with Crippen molar-refractivity contribution in [3.05, 3.63) is 53.0 Å². The Labute approximate surface area is 149 Å². The van der Waals surface area contributed by atoms with E-state index in [0.29, 0.717) is 4.47 Å². The van der Waals surface area contributed by atoms with Crippen LogP contribution in [0.1, 0.15) is 22.7 Å². The lowest BCUT2D eigenvalue weighted by atomic mass is 9.96. The van der Waals surface area contributed by atoms with E-state index in [0.717, 1.165) is 19.2 Å². The Balaban J connectivity index is 2.60. The lowest BCUT2D eigenvalue weighted by Gasteiger charge is -2.21. The minimum Gasteiger partial charge on any atom is -0.309 e. The Morgan fingerprint density at radius 1 is 1.10 bits per heavy atom. The first-order valence-corrected chi connectivity index (χ1v) is 8.92. The number of thiophene rings is 1. The number of rotatable bonds is 3. The van der Waals surface area contributed by atoms with Crippen molar-refractivity contribution in [3.63, 3.8) is 0 Å². The molecule has 2 rings (SSSR count). The molecule has 8 heteroatoms. The van der Waals surface area contributed by atoms with Crippen molar-refractivity contribution >= 4 is 59.1 Å². The summed E-state index contributed by atoms with van der Waals surface area (Å²) in [5.74, 6) is 0. The molecule has 0 amide bonds. The molecule has 0 radical (unpaired) electrons. The smallest absolute Gasteiger partial charge is 0.309 e. The van der Waals surface area contributed by atoms with Crippen LogP contribution in [0.15, 0.2) is 36.3 Å². The van der Waals surface area contributed by atoms with Gasteiger partial charge >= 0.3 is 6.18 Å². The Kier molecular flexibility index (Phi) is 5.57. The average molecular weight is 508 g/mol. The molecule has 1 atom stereocenters. The van der Waals surface area contributed by atoms with E-state index in [-0.39, 0.29) is 5.56 Å². The summed E-state index contributed by atoms with van der Waals surface area (Å²) in [4.78, 5) is 0. The van der Waals surface area contributed by atoms with Crippen LogP contribution >= 0.6 is 59.1 Å².